The summed E-state index contributed by atoms with van der Waals surface area (Å²) >= 11 is 0. The number of carbonyl (C=O) groups is 2. The highest BCUT2D eigenvalue weighted by Gasteiger charge is 2.26. The molecule has 2 heteroatoms. The second kappa shape index (κ2) is 13.4. The molecular formula is C30H46O2. The van der Waals surface area contributed by atoms with Crippen LogP contribution in [0.3, 0.4) is 0 Å². The Balaban J connectivity index is 0.00000227. The van der Waals surface area contributed by atoms with Gasteiger partial charge in [0.2, 0.25) is 0 Å². The maximum absolute atomic E-state index is 12.9. The first-order chi connectivity index (χ1) is 14.9. The zero-order valence-electron chi connectivity index (χ0n) is 22.4. The number of benzene rings is 2. The molecule has 0 aliphatic rings. The Morgan fingerprint density at radius 2 is 0.906 bits per heavy atom. The summed E-state index contributed by atoms with van der Waals surface area (Å²) in [4.78, 5) is 25.8. The molecule has 0 unspecified atom stereocenters. The third kappa shape index (κ3) is 8.73. The van der Waals surface area contributed by atoms with Crippen molar-refractivity contribution in [1.82, 2.24) is 0 Å². The lowest BCUT2D eigenvalue weighted by atomic mass is 9.80. The van der Waals surface area contributed by atoms with Crippen molar-refractivity contribution in [1.29, 1.82) is 0 Å². The smallest absolute Gasteiger partial charge is 0.147 e. The van der Waals surface area contributed by atoms with Crippen molar-refractivity contribution in [2.45, 2.75) is 99.8 Å². The van der Waals surface area contributed by atoms with Gasteiger partial charge < -0.3 is 0 Å². The minimum atomic E-state index is -0.596. The van der Waals surface area contributed by atoms with Gasteiger partial charge in [0.25, 0.3) is 0 Å². The van der Waals surface area contributed by atoms with Crippen LogP contribution in [-0.4, -0.2) is 11.6 Å². The Kier molecular flexibility index (Phi) is 12.4. The van der Waals surface area contributed by atoms with Gasteiger partial charge >= 0.3 is 0 Å². The summed E-state index contributed by atoms with van der Waals surface area (Å²) in [6.45, 7) is 22.6. The van der Waals surface area contributed by atoms with E-state index in [1.807, 2.05) is 64.1 Å². The van der Waals surface area contributed by atoms with Crippen molar-refractivity contribution >= 4 is 11.6 Å². The van der Waals surface area contributed by atoms with Crippen molar-refractivity contribution in [3.05, 3.63) is 70.8 Å². The van der Waals surface area contributed by atoms with E-state index in [9.17, 15) is 9.59 Å². The van der Waals surface area contributed by atoms with Crippen LogP contribution in [-0.2, 0) is 33.3 Å². The second-order valence-electron chi connectivity index (χ2n) is 9.82. The first-order valence-electron chi connectivity index (χ1n) is 12.1. The minimum absolute atomic E-state index is 0.00469. The van der Waals surface area contributed by atoms with Crippen LogP contribution in [0.25, 0.3) is 0 Å². The van der Waals surface area contributed by atoms with E-state index >= 15 is 0 Å². The second-order valence-corrected chi connectivity index (χ2v) is 9.82. The molecule has 0 aliphatic heterocycles. The Hall–Kier alpha value is -2.22. The van der Waals surface area contributed by atoms with E-state index in [1.165, 1.54) is 11.1 Å². The van der Waals surface area contributed by atoms with E-state index in [0.717, 1.165) is 11.1 Å². The highest BCUT2D eigenvalue weighted by atomic mass is 16.1. The predicted octanol–water partition coefficient (Wildman–Crippen LogP) is 7.89. The van der Waals surface area contributed by atoms with Crippen LogP contribution in [0.2, 0.25) is 0 Å². The van der Waals surface area contributed by atoms with Crippen molar-refractivity contribution in [2.24, 2.45) is 5.92 Å². The number of hydrogen-bond donors (Lipinski definition) is 0. The number of hydrogen-bond acceptors (Lipinski definition) is 2. The van der Waals surface area contributed by atoms with E-state index in [-0.39, 0.29) is 22.4 Å². The Morgan fingerprint density at radius 1 is 0.625 bits per heavy atom. The summed E-state index contributed by atoms with van der Waals surface area (Å²) in [6, 6.07) is 16.1. The zero-order valence-corrected chi connectivity index (χ0v) is 22.4. The van der Waals surface area contributed by atoms with Crippen molar-refractivity contribution in [3.8, 4) is 0 Å². The van der Waals surface area contributed by atoms with E-state index in [0.29, 0.717) is 12.8 Å². The highest BCUT2D eigenvalue weighted by Crippen LogP contribution is 2.28. The highest BCUT2D eigenvalue weighted by molar-refractivity contribution is 6.03. The molecule has 0 bridgehead atoms. The topological polar surface area (TPSA) is 34.1 Å². The fourth-order valence-electron chi connectivity index (χ4n) is 3.67. The van der Waals surface area contributed by atoms with Crippen LogP contribution in [0.15, 0.2) is 48.5 Å². The van der Waals surface area contributed by atoms with Gasteiger partial charge in [0, 0.05) is 12.8 Å². The summed E-state index contributed by atoms with van der Waals surface area (Å²) in [6.07, 6.45) is 0.614. The van der Waals surface area contributed by atoms with Gasteiger partial charge in [-0.25, -0.2) is 0 Å². The molecular weight excluding hydrogens is 392 g/mol. The number of rotatable bonds is 6. The third-order valence-electron chi connectivity index (χ3n) is 5.35. The molecule has 0 atom stereocenters. The van der Waals surface area contributed by atoms with Gasteiger partial charge in [0.15, 0.2) is 0 Å². The largest absolute Gasteiger partial charge is 0.299 e. The van der Waals surface area contributed by atoms with Gasteiger partial charge in [0.1, 0.15) is 11.6 Å². The number of ketones is 2. The molecule has 178 valence electrons. The molecule has 0 amide bonds. The van der Waals surface area contributed by atoms with E-state index in [4.69, 9.17) is 0 Å². The van der Waals surface area contributed by atoms with Crippen LogP contribution in [0.5, 0.6) is 0 Å². The zero-order chi connectivity index (χ0) is 25.1. The SMILES string of the molecule is CC.CC.CC(C(=O)Cc1ccccc1C(C)(C)C)C(=O)Cc1ccccc1C(C)(C)C. The molecule has 2 nitrogen and oxygen atoms in total. The molecule has 0 radical (unpaired) electrons. The normalized spacial score (nSPS) is 11.1. The van der Waals surface area contributed by atoms with Crippen LogP contribution in [0.1, 0.15) is 98.4 Å². The first-order valence-corrected chi connectivity index (χ1v) is 12.1. The summed E-state index contributed by atoms with van der Waals surface area (Å²) in [5.41, 5.74) is 4.32. The van der Waals surface area contributed by atoms with Crippen molar-refractivity contribution in [3.63, 3.8) is 0 Å². The lowest BCUT2D eigenvalue weighted by Crippen LogP contribution is -2.26. The van der Waals surface area contributed by atoms with Crippen LogP contribution >= 0.6 is 0 Å². The molecule has 2 rings (SSSR count). The summed E-state index contributed by atoms with van der Waals surface area (Å²) in [5.74, 6) is -0.606. The average Bonchev–Trinajstić information content (AvgIpc) is 2.75. The van der Waals surface area contributed by atoms with Crippen LogP contribution in [0.4, 0.5) is 0 Å². The molecule has 2 aromatic rings. The maximum Gasteiger partial charge on any atom is 0.147 e. The lowest BCUT2D eigenvalue weighted by Gasteiger charge is -2.24. The van der Waals surface area contributed by atoms with Gasteiger partial charge in [-0.2, -0.15) is 0 Å². The summed E-state index contributed by atoms with van der Waals surface area (Å²) in [7, 11) is 0. The molecule has 0 heterocycles. The van der Waals surface area contributed by atoms with Crippen molar-refractivity contribution < 1.29 is 9.59 Å². The standard InChI is InChI=1S/C26H34O2.2C2H6/c1-18(23(27)16-19-12-8-10-14-21(19)25(2,3)4)24(28)17-20-13-9-11-15-22(20)26(5,6)7;2*1-2/h8-15,18H,16-17H2,1-7H3;2*1-2H3. The molecule has 0 spiro atoms. The average molecular weight is 439 g/mol. The minimum Gasteiger partial charge on any atom is -0.299 e. The molecule has 2 aromatic carbocycles. The summed E-state index contributed by atoms with van der Waals surface area (Å²) < 4.78 is 0. The molecule has 0 N–H and O–H groups in total. The van der Waals surface area contributed by atoms with Crippen LogP contribution < -0.4 is 0 Å². The van der Waals surface area contributed by atoms with Gasteiger partial charge in [-0.05, 0) is 40.0 Å². The maximum atomic E-state index is 12.9. The van der Waals surface area contributed by atoms with E-state index in [1.54, 1.807) is 6.92 Å². The number of carbonyl (C=O) groups excluding carboxylic acids is 2. The Bertz CT molecular complexity index is 776. The monoisotopic (exact) mass is 438 g/mol. The molecule has 0 fully saturated rings. The van der Waals surface area contributed by atoms with Crippen LogP contribution in [0, 0.1) is 5.92 Å². The first kappa shape index (κ1) is 29.8. The van der Waals surface area contributed by atoms with Gasteiger partial charge in [-0.3, -0.25) is 9.59 Å². The molecule has 0 aliphatic carbocycles. The Morgan fingerprint density at radius 3 is 1.19 bits per heavy atom. The molecule has 32 heavy (non-hydrogen) atoms. The molecule has 0 saturated heterocycles. The quantitative estimate of drug-likeness (QED) is 0.430. The van der Waals surface area contributed by atoms with Gasteiger partial charge in [-0.1, -0.05) is 118 Å². The third-order valence-corrected chi connectivity index (χ3v) is 5.35. The number of Topliss-reactive ketones (excluding diaryl/α,β-unsaturated/α-hetero) is 2. The molecule has 0 saturated carbocycles. The van der Waals surface area contributed by atoms with Crippen molar-refractivity contribution in [2.75, 3.05) is 0 Å². The van der Waals surface area contributed by atoms with E-state index < -0.39 is 5.92 Å². The van der Waals surface area contributed by atoms with Gasteiger partial charge in [0.05, 0.1) is 5.92 Å². The fraction of sp³-hybridized carbons (Fsp3) is 0.533. The summed E-state index contributed by atoms with van der Waals surface area (Å²) in [5, 5.41) is 0. The Labute approximate surface area is 197 Å². The lowest BCUT2D eigenvalue weighted by molar-refractivity contribution is -0.131. The predicted molar refractivity (Wildman–Crippen MR) is 140 cm³/mol. The fourth-order valence-corrected chi connectivity index (χ4v) is 3.67. The van der Waals surface area contributed by atoms with E-state index in [2.05, 4.69) is 53.7 Å². The van der Waals surface area contributed by atoms with Gasteiger partial charge in [-0.15, -0.1) is 0 Å². The molecule has 0 aromatic heterocycles.